The van der Waals surface area contributed by atoms with E-state index >= 15 is 0 Å². The second kappa shape index (κ2) is 8.43. The maximum atomic E-state index is 12.9. The Morgan fingerprint density at radius 1 is 1.21 bits per heavy atom. The van der Waals surface area contributed by atoms with Crippen LogP contribution < -0.4 is 0 Å². The first-order chi connectivity index (χ1) is 13.2. The predicted octanol–water partition coefficient (Wildman–Crippen LogP) is 4.61. The molecule has 2 aromatic heterocycles. The molecule has 1 aliphatic rings. The van der Waals surface area contributed by atoms with E-state index in [1.54, 1.807) is 0 Å². The van der Waals surface area contributed by atoms with Gasteiger partial charge in [-0.1, -0.05) is 25.7 Å². The molecule has 1 atom stereocenters. The Kier molecular flexibility index (Phi) is 6.17. The number of carbonyl (C=O) groups is 2. The lowest BCUT2D eigenvalue weighted by atomic mass is 9.94. The van der Waals surface area contributed by atoms with Crippen LogP contribution >= 0.6 is 11.6 Å². The van der Waals surface area contributed by atoms with Crippen LogP contribution in [0.4, 0.5) is 13.2 Å². The molecule has 5 nitrogen and oxygen atoms in total. The van der Waals surface area contributed by atoms with Gasteiger partial charge in [0, 0.05) is 18.1 Å². The molecule has 0 amide bonds. The number of nitrogens with zero attached hydrogens (tertiary/aromatic N) is 3. The van der Waals surface area contributed by atoms with Gasteiger partial charge in [0.2, 0.25) is 0 Å². The van der Waals surface area contributed by atoms with E-state index in [9.17, 15) is 22.8 Å². The van der Waals surface area contributed by atoms with E-state index in [4.69, 9.17) is 11.6 Å². The number of ketones is 1. The number of halogens is 4. The number of rotatable bonds is 7. The first-order valence-electron chi connectivity index (χ1n) is 9.02. The van der Waals surface area contributed by atoms with Gasteiger partial charge in [-0.05, 0) is 36.1 Å². The Hall–Kier alpha value is -2.22. The van der Waals surface area contributed by atoms with E-state index in [0.717, 1.165) is 38.2 Å². The second-order valence-corrected chi connectivity index (χ2v) is 7.40. The molecular weight excluding hydrogens is 395 g/mol. The average molecular weight is 414 g/mol. The lowest BCUT2D eigenvalue weighted by molar-refractivity contribution is -0.141. The fraction of sp³-hybridized carbons (Fsp3) is 0.474. The van der Waals surface area contributed by atoms with Gasteiger partial charge >= 0.3 is 6.18 Å². The maximum Gasteiger partial charge on any atom is 0.434 e. The van der Waals surface area contributed by atoms with Crippen LogP contribution in [0.2, 0.25) is 0 Å². The SMILES string of the molecule is O=C(Cl)c1ccc(CC(=O)[C@H](CC2CCCC2)n2cnc(C(F)(F)F)c2)nc1. The van der Waals surface area contributed by atoms with Gasteiger partial charge in [-0.3, -0.25) is 14.6 Å². The molecule has 2 heterocycles. The lowest BCUT2D eigenvalue weighted by Crippen LogP contribution is -2.23. The van der Waals surface area contributed by atoms with Crippen molar-refractivity contribution in [1.29, 1.82) is 0 Å². The van der Waals surface area contributed by atoms with Crippen LogP contribution in [-0.2, 0) is 17.4 Å². The quantitative estimate of drug-likeness (QED) is 0.622. The number of pyridine rings is 1. The van der Waals surface area contributed by atoms with Crippen molar-refractivity contribution in [2.75, 3.05) is 0 Å². The van der Waals surface area contributed by atoms with Crippen molar-refractivity contribution in [3.63, 3.8) is 0 Å². The number of Topliss-reactive ketones (excluding diaryl/α,β-unsaturated/α-hetero) is 1. The van der Waals surface area contributed by atoms with Crippen LogP contribution in [0.15, 0.2) is 30.9 Å². The van der Waals surface area contributed by atoms with Crippen molar-refractivity contribution < 1.29 is 22.8 Å². The standard InChI is InChI=1S/C19H19ClF3N3O2/c20-18(28)13-5-6-14(24-9-13)8-16(27)15(7-12-3-1-2-4-12)26-10-17(25-11-26)19(21,22)23/h5-6,9-12,15H,1-4,7-8H2/t15-/m0/s1. The van der Waals surface area contributed by atoms with Crippen LogP contribution in [0.5, 0.6) is 0 Å². The topological polar surface area (TPSA) is 64.8 Å². The highest BCUT2D eigenvalue weighted by Crippen LogP contribution is 2.34. The highest BCUT2D eigenvalue weighted by Gasteiger charge is 2.35. The van der Waals surface area contributed by atoms with Crippen molar-refractivity contribution in [3.05, 3.63) is 47.8 Å². The predicted molar refractivity (Wildman–Crippen MR) is 96.0 cm³/mol. The summed E-state index contributed by atoms with van der Waals surface area (Å²) in [6.45, 7) is 0. The van der Waals surface area contributed by atoms with Crippen molar-refractivity contribution >= 4 is 22.6 Å². The minimum absolute atomic E-state index is 0.0479. The summed E-state index contributed by atoms with van der Waals surface area (Å²) in [6.07, 6.45) is 3.19. The van der Waals surface area contributed by atoms with Crippen LogP contribution in [0.1, 0.15) is 59.9 Å². The molecule has 2 aromatic rings. The molecule has 0 bridgehead atoms. The van der Waals surface area contributed by atoms with Gasteiger partial charge in [-0.25, -0.2) is 4.98 Å². The van der Waals surface area contributed by atoms with Crippen molar-refractivity contribution in [2.45, 2.75) is 50.7 Å². The van der Waals surface area contributed by atoms with Crippen LogP contribution in [0, 0.1) is 5.92 Å². The fourth-order valence-electron chi connectivity index (χ4n) is 3.58. The highest BCUT2D eigenvalue weighted by atomic mass is 35.5. The molecule has 1 aliphatic carbocycles. The molecule has 0 radical (unpaired) electrons. The Balaban J connectivity index is 1.80. The van der Waals surface area contributed by atoms with Crippen molar-refractivity contribution in [2.24, 2.45) is 5.92 Å². The summed E-state index contributed by atoms with van der Waals surface area (Å²) in [5, 5.41) is -0.650. The zero-order chi connectivity index (χ0) is 20.3. The molecule has 0 saturated heterocycles. The van der Waals surface area contributed by atoms with Crippen LogP contribution in [-0.4, -0.2) is 25.6 Å². The zero-order valence-electron chi connectivity index (χ0n) is 15.0. The Bertz CT molecular complexity index is 843. The van der Waals surface area contributed by atoms with E-state index in [-0.39, 0.29) is 17.8 Å². The lowest BCUT2D eigenvalue weighted by Gasteiger charge is -2.21. The largest absolute Gasteiger partial charge is 0.434 e. The number of alkyl halides is 3. The summed E-state index contributed by atoms with van der Waals surface area (Å²) >= 11 is 5.38. The van der Waals surface area contributed by atoms with Gasteiger partial charge < -0.3 is 4.57 Å². The summed E-state index contributed by atoms with van der Waals surface area (Å²) in [6, 6.07) is 2.26. The number of aromatic nitrogens is 3. The third-order valence-corrected chi connectivity index (χ3v) is 5.28. The highest BCUT2D eigenvalue weighted by molar-refractivity contribution is 6.67. The number of imidazole rings is 1. The molecule has 0 aromatic carbocycles. The zero-order valence-corrected chi connectivity index (χ0v) is 15.7. The van der Waals surface area contributed by atoms with E-state index in [0.29, 0.717) is 18.0 Å². The van der Waals surface area contributed by atoms with Gasteiger partial charge in [0.1, 0.15) is 0 Å². The third kappa shape index (κ3) is 4.98. The molecule has 0 unspecified atom stereocenters. The molecule has 150 valence electrons. The van der Waals surface area contributed by atoms with Gasteiger partial charge in [0.05, 0.1) is 24.4 Å². The fourth-order valence-corrected chi connectivity index (χ4v) is 3.69. The van der Waals surface area contributed by atoms with Gasteiger partial charge in [0.25, 0.3) is 5.24 Å². The number of hydrogen-bond donors (Lipinski definition) is 0. The summed E-state index contributed by atoms with van der Waals surface area (Å²) in [4.78, 5) is 31.5. The number of carbonyl (C=O) groups excluding carboxylic acids is 2. The van der Waals surface area contributed by atoms with Gasteiger partial charge in [-0.2, -0.15) is 13.2 Å². The minimum Gasteiger partial charge on any atom is -0.326 e. The Morgan fingerprint density at radius 3 is 2.46 bits per heavy atom. The molecule has 1 saturated carbocycles. The molecule has 9 heteroatoms. The molecule has 1 fully saturated rings. The summed E-state index contributed by atoms with van der Waals surface area (Å²) in [7, 11) is 0. The van der Waals surface area contributed by atoms with Crippen LogP contribution in [0.3, 0.4) is 0 Å². The van der Waals surface area contributed by atoms with E-state index in [1.165, 1.54) is 22.9 Å². The normalized spacial score (nSPS) is 16.3. The third-order valence-electron chi connectivity index (χ3n) is 5.06. The van der Waals surface area contributed by atoms with E-state index < -0.39 is 23.2 Å². The van der Waals surface area contributed by atoms with Gasteiger partial charge in [-0.15, -0.1) is 0 Å². The minimum atomic E-state index is -4.56. The first-order valence-corrected chi connectivity index (χ1v) is 9.40. The van der Waals surface area contributed by atoms with Crippen molar-refractivity contribution in [3.8, 4) is 0 Å². The van der Waals surface area contributed by atoms with Crippen LogP contribution in [0.25, 0.3) is 0 Å². The Morgan fingerprint density at radius 2 is 1.93 bits per heavy atom. The molecular formula is C19H19ClF3N3O2. The summed E-state index contributed by atoms with van der Waals surface area (Å²) in [5.74, 6) is 0.0605. The smallest absolute Gasteiger partial charge is 0.326 e. The van der Waals surface area contributed by atoms with E-state index in [2.05, 4.69) is 9.97 Å². The summed E-state index contributed by atoms with van der Waals surface area (Å²) in [5.41, 5.74) is -0.371. The van der Waals surface area contributed by atoms with Crippen molar-refractivity contribution in [1.82, 2.24) is 14.5 Å². The molecule has 0 aliphatic heterocycles. The monoisotopic (exact) mass is 413 g/mol. The van der Waals surface area contributed by atoms with Gasteiger partial charge in [0.15, 0.2) is 11.5 Å². The average Bonchev–Trinajstić information content (AvgIpc) is 3.31. The Labute approximate surface area is 164 Å². The van der Waals surface area contributed by atoms with E-state index in [1.807, 2.05) is 0 Å². The molecule has 0 spiro atoms. The first kappa shape index (κ1) is 20.5. The second-order valence-electron chi connectivity index (χ2n) is 7.06. The number of hydrogen-bond acceptors (Lipinski definition) is 4. The molecule has 28 heavy (non-hydrogen) atoms. The maximum absolute atomic E-state index is 12.9. The molecule has 0 N–H and O–H groups in total. The summed E-state index contributed by atoms with van der Waals surface area (Å²) < 4.78 is 40.0. The molecule has 3 rings (SSSR count).